The lowest BCUT2D eigenvalue weighted by Gasteiger charge is -1.72. The van der Waals surface area contributed by atoms with Crippen LogP contribution in [0.5, 0.6) is 0 Å². The smallest absolute Gasteiger partial charge is 0.0783 e. The zero-order chi connectivity index (χ0) is 6.24. The topological polar surface area (TPSA) is 32.6 Å². The summed E-state index contributed by atoms with van der Waals surface area (Å²) in [5.41, 5.74) is 0. The Labute approximate surface area is 48.9 Å². The van der Waals surface area contributed by atoms with Crippen molar-refractivity contribution in [2.45, 2.75) is 0 Å². The molecule has 0 amide bonds. The summed E-state index contributed by atoms with van der Waals surface area (Å²) in [6, 6.07) is 0. The molecule has 2 nitrogen and oxygen atoms in total. The molecule has 0 aliphatic carbocycles. The summed E-state index contributed by atoms with van der Waals surface area (Å²) in [6.07, 6.45) is 6.27. The van der Waals surface area contributed by atoms with Crippen LogP contribution >= 0.6 is 0 Å². The molecule has 0 aromatic heterocycles. The van der Waals surface area contributed by atoms with Gasteiger partial charge in [0.2, 0.25) is 0 Å². The van der Waals surface area contributed by atoms with Crippen LogP contribution < -0.4 is 0 Å². The molecule has 0 atom stereocenters. The van der Waals surface area contributed by atoms with Crippen LogP contribution in [-0.4, -0.2) is 17.9 Å². The second kappa shape index (κ2) is 6.11. The molecule has 1 N–H and O–H groups in total. The lowest BCUT2D eigenvalue weighted by molar-refractivity contribution is 0.361. The predicted molar refractivity (Wildman–Crippen MR) is 34.9 cm³/mol. The van der Waals surface area contributed by atoms with Gasteiger partial charge in [-0.3, -0.25) is 4.99 Å². The van der Waals surface area contributed by atoms with Gasteiger partial charge in [0.15, 0.2) is 0 Å². The number of aliphatic hydroxyl groups is 1. The highest BCUT2D eigenvalue weighted by Gasteiger charge is 1.60. The van der Waals surface area contributed by atoms with Crippen molar-refractivity contribution in [2.24, 2.45) is 4.99 Å². The number of aliphatic hydroxyl groups excluding tert-OH is 1. The van der Waals surface area contributed by atoms with Crippen LogP contribution in [0.3, 0.4) is 0 Å². The lowest BCUT2D eigenvalue weighted by atomic mass is 10.6. The van der Waals surface area contributed by atoms with Crippen LogP contribution in [0.15, 0.2) is 29.9 Å². The van der Waals surface area contributed by atoms with E-state index in [4.69, 9.17) is 5.11 Å². The molecule has 0 fully saturated rings. The van der Waals surface area contributed by atoms with Crippen molar-refractivity contribution in [1.29, 1.82) is 0 Å². The molecule has 2 heteroatoms. The zero-order valence-corrected chi connectivity index (χ0v) is 4.62. The third-order valence-electron chi connectivity index (χ3n) is 0.495. The van der Waals surface area contributed by atoms with E-state index in [1.54, 1.807) is 18.4 Å². The number of rotatable bonds is 3. The van der Waals surface area contributed by atoms with E-state index in [0.29, 0.717) is 0 Å². The number of hydrogen-bond donors (Lipinski definition) is 1. The molecule has 0 bridgehead atoms. The second-order valence-electron chi connectivity index (χ2n) is 1.09. The summed E-state index contributed by atoms with van der Waals surface area (Å²) in [4.78, 5) is 3.65. The van der Waals surface area contributed by atoms with Gasteiger partial charge >= 0.3 is 0 Å². The van der Waals surface area contributed by atoms with Gasteiger partial charge in [0.25, 0.3) is 0 Å². The third kappa shape index (κ3) is 5.11. The molecule has 0 saturated heterocycles. The molecule has 44 valence electrons. The van der Waals surface area contributed by atoms with Crippen molar-refractivity contribution in [2.75, 3.05) is 6.61 Å². The maximum Gasteiger partial charge on any atom is 0.0783 e. The molecule has 0 aromatic carbocycles. The van der Waals surface area contributed by atoms with Crippen molar-refractivity contribution in [3.05, 3.63) is 24.9 Å². The summed E-state index contributed by atoms with van der Waals surface area (Å²) in [7, 11) is 0. The number of nitrogens with zero attached hydrogens (tertiary/aromatic N) is 1. The Morgan fingerprint density at radius 2 is 2.38 bits per heavy atom. The van der Waals surface area contributed by atoms with E-state index in [2.05, 4.69) is 11.6 Å². The van der Waals surface area contributed by atoms with E-state index in [9.17, 15) is 0 Å². The fraction of sp³-hybridized carbons (Fsp3) is 0.167. The molecule has 0 spiro atoms. The molecule has 0 heterocycles. The summed E-state index contributed by atoms with van der Waals surface area (Å²) in [5.74, 6) is 0. The summed E-state index contributed by atoms with van der Waals surface area (Å²) < 4.78 is 0. The molecule has 0 aliphatic heterocycles. The van der Waals surface area contributed by atoms with Crippen LogP contribution in [0.25, 0.3) is 0 Å². The van der Waals surface area contributed by atoms with E-state index in [-0.39, 0.29) is 6.61 Å². The van der Waals surface area contributed by atoms with E-state index in [1.165, 1.54) is 6.21 Å². The standard InChI is InChI=1S/C6H9NO/c1-2-3-4-7-5-6-8/h2-5,8H,1,6H2/b4-3-,7-5?. The van der Waals surface area contributed by atoms with Gasteiger partial charge in [0.1, 0.15) is 0 Å². The van der Waals surface area contributed by atoms with Crippen LogP contribution in [0.1, 0.15) is 0 Å². The first-order valence-electron chi connectivity index (χ1n) is 2.32. The van der Waals surface area contributed by atoms with Gasteiger partial charge in [-0.05, 0) is 6.08 Å². The van der Waals surface area contributed by atoms with Crippen molar-refractivity contribution in [3.8, 4) is 0 Å². The van der Waals surface area contributed by atoms with Gasteiger partial charge in [-0.2, -0.15) is 0 Å². The Kier molecular flexibility index (Phi) is 5.43. The highest BCUT2D eigenvalue weighted by molar-refractivity contribution is 5.58. The minimum absolute atomic E-state index is 0.0124. The highest BCUT2D eigenvalue weighted by Crippen LogP contribution is 1.71. The number of aliphatic imine (C=N–C) groups is 1. The van der Waals surface area contributed by atoms with Gasteiger partial charge in [-0.15, -0.1) is 0 Å². The van der Waals surface area contributed by atoms with Gasteiger partial charge in [-0.1, -0.05) is 12.7 Å². The first-order chi connectivity index (χ1) is 3.91. The van der Waals surface area contributed by atoms with Crippen LogP contribution in [-0.2, 0) is 0 Å². The van der Waals surface area contributed by atoms with Gasteiger partial charge in [0.05, 0.1) is 6.61 Å². The Hall–Kier alpha value is -0.890. The first-order valence-corrected chi connectivity index (χ1v) is 2.32. The zero-order valence-electron chi connectivity index (χ0n) is 4.62. The molecule has 0 aliphatic rings. The molecule has 8 heavy (non-hydrogen) atoms. The SMILES string of the molecule is C=C/C=C\N=CCO. The second-order valence-corrected chi connectivity index (χ2v) is 1.09. The molecule has 0 unspecified atom stereocenters. The third-order valence-corrected chi connectivity index (χ3v) is 0.495. The monoisotopic (exact) mass is 111 g/mol. The summed E-state index contributed by atoms with van der Waals surface area (Å²) in [5, 5.41) is 8.16. The number of hydrogen-bond acceptors (Lipinski definition) is 2. The van der Waals surface area contributed by atoms with Crippen LogP contribution in [0.2, 0.25) is 0 Å². The number of allylic oxidation sites excluding steroid dienone is 2. The fourth-order valence-corrected chi connectivity index (χ4v) is 0.219. The highest BCUT2D eigenvalue weighted by atomic mass is 16.2. The largest absolute Gasteiger partial charge is 0.391 e. The normalized spacial score (nSPS) is 11.1. The van der Waals surface area contributed by atoms with E-state index >= 15 is 0 Å². The Bertz CT molecular complexity index is 105. The minimum atomic E-state index is -0.0124. The molecule has 0 radical (unpaired) electrons. The van der Waals surface area contributed by atoms with Crippen molar-refractivity contribution in [1.82, 2.24) is 0 Å². The molecule has 0 rings (SSSR count). The molecule has 0 saturated carbocycles. The van der Waals surface area contributed by atoms with Crippen LogP contribution in [0.4, 0.5) is 0 Å². The lowest BCUT2D eigenvalue weighted by Crippen LogP contribution is -1.77. The Morgan fingerprint density at radius 3 is 2.88 bits per heavy atom. The molecular formula is C6H9NO. The van der Waals surface area contributed by atoms with Crippen molar-refractivity contribution < 1.29 is 5.11 Å². The van der Waals surface area contributed by atoms with Crippen molar-refractivity contribution >= 4 is 6.21 Å². The van der Waals surface area contributed by atoms with E-state index < -0.39 is 0 Å². The van der Waals surface area contributed by atoms with E-state index in [0.717, 1.165) is 0 Å². The van der Waals surface area contributed by atoms with E-state index in [1.807, 2.05) is 0 Å². The van der Waals surface area contributed by atoms with Gasteiger partial charge in [0, 0.05) is 12.4 Å². The predicted octanol–water partition coefficient (Wildman–Crippen LogP) is 0.749. The Balaban J connectivity index is 3.26. The molecule has 0 aromatic rings. The average Bonchev–Trinajstić information content (AvgIpc) is 1.81. The van der Waals surface area contributed by atoms with Crippen molar-refractivity contribution in [3.63, 3.8) is 0 Å². The maximum absolute atomic E-state index is 8.16. The fourth-order valence-electron chi connectivity index (χ4n) is 0.219. The quantitative estimate of drug-likeness (QED) is 0.423. The maximum atomic E-state index is 8.16. The summed E-state index contributed by atoms with van der Waals surface area (Å²) >= 11 is 0. The van der Waals surface area contributed by atoms with Gasteiger partial charge < -0.3 is 5.11 Å². The minimum Gasteiger partial charge on any atom is -0.391 e. The Morgan fingerprint density at radius 1 is 1.62 bits per heavy atom. The van der Waals surface area contributed by atoms with Crippen LogP contribution in [0, 0.1) is 0 Å². The summed E-state index contributed by atoms with van der Waals surface area (Å²) in [6.45, 7) is 3.42. The van der Waals surface area contributed by atoms with Gasteiger partial charge in [-0.25, -0.2) is 0 Å². The molecular weight excluding hydrogens is 102 g/mol. The average molecular weight is 111 g/mol. The first kappa shape index (κ1) is 7.11.